The van der Waals surface area contributed by atoms with E-state index in [1.54, 1.807) is 17.8 Å². The lowest BCUT2D eigenvalue weighted by Crippen LogP contribution is -2.23. The second-order valence-electron chi connectivity index (χ2n) is 4.33. The van der Waals surface area contributed by atoms with Gasteiger partial charge in [-0.3, -0.25) is 4.79 Å². The average Bonchev–Trinajstić information content (AvgIpc) is 2.85. The summed E-state index contributed by atoms with van der Waals surface area (Å²) in [5.41, 5.74) is 1.65. The van der Waals surface area contributed by atoms with E-state index in [9.17, 15) is 9.59 Å². The molecular weight excluding hydrogens is 250 g/mol. The first-order valence-corrected chi connectivity index (χ1v) is 6.89. The fraction of sp³-hybridized carbons (Fsp3) is 0.385. The van der Waals surface area contributed by atoms with Gasteiger partial charge in [0.1, 0.15) is 0 Å². The van der Waals surface area contributed by atoms with Gasteiger partial charge in [-0.05, 0) is 43.2 Å². The van der Waals surface area contributed by atoms with Gasteiger partial charge in [0, 0.05) is 5.69 Å². The molecule has 1 aromatic carbocycles. The first-order chi connectivity index (χ1) is 8.58. The fourth-order valence-electron chi connectivity index (χ4n) is 1.89. The van der Waals surface area contributed by atoms with E-state index in [2.05, 4.69) is 5.32 Å². The first-order valence-electron chi connectivity index (χ1n) is 5.84. The summed E-state index contributed by atoms with van der Waals surface area (Å²) in [6.07, 6.45) is 1.96. The molecule has 18 heavy (non-hydrogen) atoms. The molecule has 5 heteroatoms. The Morgan fingerprint density at radius 2 is 2.22 bits per heavy atom. The Morgan fingerprint density at radius 1 is 1.44 bits per heavy atom. The Balaban J connectivity index is 2.14. The third-order valence-electron chi connectivity index (χ3n) is 2.96. The van der Waals surface area contributed by atoms with Crippen LogP contribution in [0.15, 0.2) is 18.2 Å². The maximum absolute atomic E-state index is 12.0. The van der Waals surface area contributed by atoms with E-state index in [4.69, 9.17) is 5.11 Å². The molecule has 1 unspecified atom stereocenters. The lowest BCUT2D eigenvalue weighted by atomic mass is 10.1. The number of aryl methyl sites for hydroxylation is 1. The number of thioether (sulfide) groups is 1. The third-order valence-corrected chi connectivity index (χ3v) is 4.34. The average molecular weight is 265 g/mol. The molecule has 1 saturated heterocycles. The minimum absolute atomic E-state index is 0.00196. The van der Waals surface area contributed by atoms with Gasteiger partial charge in [-0.2, -0.15) is 0 Å². The third kappa shape index (κ3) is 2.85. The smallest absolute Gasteiger partial charge is 0.335 e. The van der Waals surface area contributed by atoms with Gasteiger partial charge >= 0.3 is 5.97 Å². The molecule has 2 N–H and O–H groups in total. The van der Waals surface area contributed by atoms with Crippen LogP contribution in [0, 0.1) is 6.92 Å². The highest BCUT2D eigenvalue weighted by molar-refractivity contribution is 8.00. The van der Waals surface area contributed by atoms with Gasteiger partial charge in [0.25, 0.3) is 0 Å². The van der Waals surface area contributed by atoms with E-state index in [1.807, 2.05) is 6.92 Å². The molecule has 0 bridgehead atoms. The minimum Gasteiger partial charge on any atom is -0.478 e. The summed E-state index contributed by atoms with van der Waals surface area (Å²) < 4.78 is 0. The van der Waals surface area contributed by atoms with Crippen molar-refractivity contribution in [1.29, 1.82) is 0 Å². The molecule has 1 aliphatic rings. The number of carboxylic acid groups (broad SMARTS) is 1. The number of hydrogen-bond donors (Lipinski definition) is 2. The van der Waals surface area contributed by atoms with Gasteiger partial charge in [0.2, 0.25) is 5.91 Å². The largest absolute Gasteiger partial charge is 0.478 e. The van der Waals surface area contributed by atoms with Gasteiger partial charge in [-0.25, -0.2) is 4.79 Å². The standard InChI is InChI=1S/C13H15NO3S/c1-8-4-5-9(13(16)17)7-10(8)14-12(15)11-3-2-6-18-11/h4-5,7,11H,2-3,6H2,1H3,(H,14,15)(H,16,17). The zero-order chi connectivity index (χ0) is 13.1. The van der Waals surface area contributed by atoms with E-state index < -0.39 is 5.97 Å². The molecule has 1 aromatic rings. The number of rotatable bonds is 3. The SMILES string of the molecule is Cc1ccc(C(=O)O)cc1NC(=O)C1CCCS1. The van der Waals surface area contributed by atoms with E-state index in [-0.39, 0.29) is 16.7 Å². The quantitative estimate of drug-likeness (QED) is 0.881. The highest BCUT2D eigenvalue weighted by Crippen LogP contribution is 2.28. The Labute approximate surface area is 110 Å². The van der Waals surface area contributed by atoms with Crippen molar-refractivity contribution in [2.75, 3.05) is 11.1 Å². The van der Waals surface area contributed by atoms with Gasteiger partial charge in [-0.15, -0.1) is 11.8 Å². The Kier molecular flexibility index (Phi) is 3.91. The van der Waals surface area contributed by atoms with Crippen LogP contribution >= 0.6 is 11.8 Å². The maximum atomic E-state index is 12.0. The van der Waals surface area contributed by atoms with Crippen molar-refractivity contribution >= 4 is 29.3 Å². The molecule has 1 aliphatic heterocycles. The van der Waals surface area contributed by atoms with Crippen molar-refractivity contribution in [1.82, 2.24) is 0 Å². The van der Waals surface area contributed by atoms with Crippen LogP contribution in [0.4, 0.5) is 5.69 Å². The van der Waals surface area contributed by atoms with Crippen molar-refractivity contribution in [3.05, 3.63) is 29.3 Å². The van der Waals surface area contributed by atoms with Gasteiger partial charge in [-0.1, -0.05) is 6.07 Å². The minimum atomic E-state index is -0.985. The molecule has 1 heterocycles. The molecule has 1 amide bonds. The van der Waals surface area contributed by atoms with Crippen LogP contribution in [0.5, 0.6) is 0 Å². The van der Waals surface area contributed by atoms with Crippen LogP contribution in [-0.4, -0.2) is 28.0 Å². The second kappa shape index (κ2) is 5.44. The molecule has 0 aromatic heterocycles. The molecule has 1 fully saturated rings. The number of hydrogen-bond acceptors (Lipinski definition) is 3. The Hall–Kier alpha value is -1.49. The summed E-state index contributed by atoms with van der Waals surface area (Å²) in [6.45, 7) is 1.85. The zero-order valence-electron chi connectivity index (χ0n) is 10.1. The lowest BCUT2D eigenvalue weighted by molar-refractivity contribution is -0.115. The van der Waals surface area contributed by atoms with Gasteiger partial charge in [0.15, 0.2) is 0 Å². The van der Waals surface area contributed by atoms with Crippen LogP contribution in [-0.2, 0) is 4.79 Å². The number of carboxylic acids is 1. The lowest BCUT2D eigenvalue weighted by Gasteiger charge is -2.12. The summed E-state index contributed by atoms with van der Waals surface area (Å²) in [4.78, 5) is 22.9. The van der Waals surface area contributed by atoms with Crippen LogP contribution in [0.3, 0.4) is 0 Å². The summed E-state index contributed by atoms with van der Waals surface area (Å²) in [5.74, 6) is 0.00978. The number of carbonyl (C=O) groups excluding carboxylic acids is 1. The van der Waals surface area contributed by atoms with Crippen molar-refractivity contribution < 1.29 is 14.7 Å². The van der Waals surface area contributed by atoms with Crippen molar-refractivity contribution in [2.45, 2.75) is 25.0 Å². The second-order valence-corrected chi connectivity index (χ2v) is 5.64. The van der Waals surface area contributed by atoms with Crippen molar-refractivity contribution in [3.63, 3.8) is 0 Å². The summed E-state index contributed by atoms with van der Waals surface area (Å²) in [6, 6.07) is 4.76. The first kappa shape index (κ1) is 13.0. The molecule has 4 nitrogen and oxygen atoms in total. The van der Waals surface area contributed by atoms with Gasteiger partial charge < -0.3 is 10.4 Å². The highest BCUT2D eigenvalue weighted by atomic mass is 32.2. The predicted octanol–water partition coefficient (Wildman–Crippen LogP) is 2.53. The topological polar surface area (TPSA) is 66.4 Å². The number of carbonyl (C=O) groups is 2. The normalized spacial score (nSPS) is 18.6. The predicted molar refractivity (Wildman–Crippen MR) is 72.2 cm³/mol. The fourth-order valence-corrected chi connectivity index (χ4v) is 3.05. The molecular formula is C13H15NO3S. The highest BCUT2D eigenvalue weighted by Gasteiger charge is 2.23. The Morgan fingerprint density at radius 3 is 2.83 bits per heavy atom. The Bertz CT molecular complexity index is 481. The van der Waals surface area contributed by atoms with Crippen LogP contribution in [0.25, 0.3) is 0 Å². The molecule has 96 valence electrons. The summed E-state index contributed by atoms with van der Waals surface area (Å²) in [5, 5.41) is 11.8. The summed E-state index contributed by atoms with van der Waals surface area (Å²) >= 11 is 1.66. The van der Waals surface area contributed by atoms with Gasteiger partial charge in [0.05, 0.1) is 10.8 Å². The number of amides is 1. The molecule has 0 aliphatic carbocycles. The monoisotopic (exact) mass is 265 g/mol. The molecule has 2 rings (SSSR count). The molecule has 0 radical (unpaired) electrons. The number of benzene rings is 1. The van der Waals surface area contributed by atoms with Crippen LogP contribution < -0.4 is 5.32 Å². The molecule has 1 atom stereocenters. The molecule has 0 saturated carbocycles. The van der Waals surface area contributed by atoms with E-state index >= 15 is 0 Å². The zero-order valence-corrected chi connectivity index (χ0v) is 10.9. The van der Waals surface area contributed by atoms with Crippen LogP contribution in [0.2, 0.25) is 0 Å². The number of anilines is 1. The number of aromatic carboxylic acids is 1. The number of nitrogens with one attached hydrogen (secondary N) is 1. The maximum Gasteiger partial charge on any atom is 0.335 e. The summed E-state index contributed by atoms with van der Waals surface area (Å²) in [7, 11) is 0. The van der Waals surface area contributed by atoms with Crippen LogP contribution in [0.1, 0.15) is 28.8 Å². The van der Waals surface area contributed by atoms with Crippen molar-refractivity contribution in [3.8, 4) is 0 Å². The van der Waals surface area contributed by atoms with Crippen molar-refractivity contribution in [2.24, 2.45) is 0 Å². The van der Waals surface area contributed by atoms with E-state index in [0.29, 0.717) is 5.69 Å². The van der Waals surface area contributed by atoms with E-state index in [1.165, 1.54) is 12.1 Å². The van der Waals surface area contributed by atoms with E-state index in [0.717, 1.165) is 24.2 Å². The molecule has 0 spiro atoms.